The minimum atomic E-state index is -0.870. The molecule has 1 aliphatic heterocycles. The normalized spacial score (nSPS) is 27.6. The summed E-state index contributed by atoms with van der Waals surface area (Å²) in [6, 6.07) is 9.47. The molecule has 1 aliphatic carbocycles. The molecule has 2 fully saturated rings. The molecule has 0 bridgehead atoms. The third kappa shape index (κ3) is 3.17. The van der Waals surface area contributed by atoms with Crippen LogP contribution in [0.3, 0.4) is 0 Å². The number of aliphatic hydroxyl groups is 1. The van der Waals surface area contributed by atoms with Gasteiger partial charge in [0.25, 0.3) is 0 Å². The molecule has 23 heavy (non-hydrogen) atoms. The summed E-state index contributed by atoms with van der Waals surface area (Å²) < 4.78 is 5.41. The van der Waals surface area contributed by atoms with Crippen molar-refractivity contribution in [2.45, 2.75) is 43.9 Å². The molecular formula is C17H22N2O4. The third-order valence-electron chi connectivity index (χ3n) is 4.77. The lowest BCUT2D eigenvalue weighted by atomic mass is 9.77. The fourth-order valence-electron chi connectivity index (χ4n) is 3.42. The summed E-state index contributed by atoms with van der Waals surface area (Å²) in [6.45, 7) is 1.07. The highest BCUT2D eigenvalue weighted by Crippen LogP contribution is 2.36. The maximum atomic E-state index is 12.5. The number of carbonyl (C=O) groups excluding carboxylic acids is 2. The summed E-state index contributed by atoms with van der Waals surface area (Å²) in [5.41, 5.74) is 0.0426. The van der Waals surface area contributed by atoms with E-state index in [1.807, 2.05) is 30.3 Å². The van der Waals surface area contributed by atoms with Gasteiger partial charge in [-0.25, -0.2) is 4.79 Å². The van der Waals surface area contributed by atoms with Crippen LogP contribution in [0.5, 0.6) is 0 Å². The molecule has 1 heterocycles. The van der Waals surface area contributed by atoms with Gasteiger partial charge in [0.05, 0.1) is 6.10 Å². The van der Waals surface area contributed by atoms with Gasteiger partial charge in [0.15, 0.2) is 0 Å². The van der Waals surface area contributed by atoms with Gasteiger partial charge >= 0.3 is 6.09 Å². The lowest BCUT2D eigenvalue weighted by Gasteiger charge is -2.47. The summed E-state index contributed by atoms with van der Waals surface area (Å²) in [5.74, 6) is -0.132. The molecule has 6 nitrogen and oxygen atoms in total. The first-order valence-corrected chi connectivity index (χ1v) is 8.06. The van der Waals surface area contributed by atoms with Gasteiger partial charge in [-0.15, -0.1) is 0 Å². The molecule has 1 aromatic carbocycles. The lowest BCUT2D eigenvalue weighted by Crippen LogP contribution is -2.67. The molecule has 1 spiro atoms. The van der Waals surface area contributed by atoms with E-state index in [-0.39, 0.29) is 12.5 Å². The molecule has 0 radical (unpaired) electrons. The highest BCUT2D eigenvalue weighted by molar-refractivity contribution is 5.91. The molecule has 2 aliphatic rings. The van der Waals surface area contributed by atoms with Crippen LogP contribution in [0.4, 0.5) is 4.79 Å². The summed E-state index contributed by atoms with van der Waals surface area (Å²) >= 11 is 0. The van der Waals surface area contributed by atoms with E-state index < -0.39 is 17.7 Å². The molecule has 1 saturated heterocycles. The minimum Gasteiger partial charge on any atom is -0.445 e. The lowest BCUT2D eigenvalue weighted by molar-refractivity contribution is -0.140. The maximum absolute atomic E-state index is 12.5. The van der Waals surface area contributed by atoms with Crippen molar-refractivity contribution in [3.8, 4) is 0 Å². The van der Waals surface area contributed by atoms with E-state index >= 15 is 0 Å². The summed E-state index contributed by atoms with van der Waals surface area (Å²) in [7, 11) is 0. The Bertz CT molecular complexity index is 567. The van der Waals surface area contributed by atoms with Crippen LogP contribution in [0.15, 0.2) is 30.3 Å². The van der Waals surface area contributed by atoms with Crippen LogP contribution in [-0.4, -0.2) is 46.7 Å². The van der Waals surface area contributed by atoms with E-state index in [9.17, 15) is 14.7 Å². The zero-order chi connectivity index (χ0) is 16.3. The zero-order valence-electron chi connectivity index (χ0n) is 13.0. The number of carbonyl (C=O) groups is 2. The van der Waals surface area contributed by atoms with Gasteiger partial charge < -0.3 is 15.2 Å². The van der Waals surface area contributed by atoms with Gasteiger partial charge in [-0.1, -0.05) is 30.3 Å². The smallest absolute Gasteiger partial charge is 0.411 e. The van der Waals surface area contributed by atoms with Crippen LogP contribution >= 0.6 is 0 Å². The van der Waals surface area contributed by atoms with E-state index in [2.05, 4.69) is 5.32 Å². The van der Waals surface area contributed by atoms with Gasteiger partial charge in [0, 0.05) is 13.1 Å². The summed E-state index contributed by atoms with van der Waals surface area (Å²) in [5, 5.41) is 12.6. The first-order valence-electron chi connectivity index (χ1n) is 8.06. The van der Waals surface area contributed by atoms with Gasteiger partial charge in [-0.2, -0.15) is 0 Å². The Morgan fingerprint density at radius 3 is 2.70 bits per heavy atom. The second kappa shape index (κ2) is 6.58. The third-order valence-corrected chi connectivity index (χ3v) is 4.77. The Morgan fingerprint density at radius 2 is 2.00 bits per heavy atom. The molecule has 124 valence electrons. The van der Waals surface area contributed by atoms with Crippen LogP contribution in [0.25, 0.3) is 0 Å². The highest BCUT2D eigenvalue weighted by Gasteiger charge is 2.50. The van der Waals surface area contributed by atoms with Gasteiger partial charge in [-0.3, -0.25) is 9.69 Å². The second-order valence-corrected chi connectivity index (χ2v) is 6.21. The highest BCUT2D eigenvalue weighted by atomic mass is 16.6. The molecule has 3 rings (SSSR count). The van der Waals surface area contributed by atoms with Gasteiger partial charge in [0.1, 0.15) is 12.1 Å². The summed E-state index contributed by atoms with van der Waals surface area (Å²) in [4.78, 5) is 26.5. The molecule has 0 atom stereocenters. The van der Waals surface area contributed by atoms with E-state index in [0.29, 0.717) is 38.8 Å². The fraction of sp³-hybridized carbons (Fsp3) is 0.529. The number of benzene rings is 1. The van der Waals surface area contributed by atoms with E-state index in [4.69, 9.17) is 4.74 Å². The number of nitrogens with zero attached hydrogens (tertiary/aromatic N) is 1. The number of ether oxygens (including phenoxy) is 1. The Labute approximate surface area is 135 Å². The van der Waals surface area contributed by atoms with Gasteiger partial charge in [-0.05, 0) is 31.2 Å². The number of rotatable bonds is 2. The Hall–Kier alpha value is -2.08. The van der Waals surface area contributed by atoms with Crippen molar-refractivity contribution in [1.82, 2.24) is 10.2 Å². The fourth-order valence-corrected chi connectivity index (χ4v) is 3.42. The molecule has 0 unspecified atom stereocenters. The standard InChI is InChI=1S/C17H22N2O4/c20-14-6-8-17(9-7-14)15(21)18-10-11-19(17)16(22)23-12-13-4-2-1-3-5-13/h1-5,14,20H,6-12H2,(H,18,21)/t14-,17-. The number of aliphatic hydroxyl groups excluding tert-OH is 1. The van der Waals surface area contributed by atoms with Crippen LogP contribution in [0.2, 0.25) is 0 Å². The predicted octanol–water partition coefficient (Wildman–Crippen LogP) is 1.43. The van der Waals surface area contributed by atoms with Crippen molar-refractivity contribution in [1.29, 1.82) is 0 Å². The first-order chi connectivity index (χ1) is 11.1. The molecule has 1 saturated carbocycles. The molecule has 2 N–H and O–H groups in total. The maximum Gasteiger partial charge on any atom is 0.411 e. The minimum absolute atomic E-state index is 0.132. The predicted molar refractivity (Wildman–Crippen MR) is 83.5 cm³/mol. The Balaban J connectivity index is 1.70. The van der Waals surface area contributed by atoms with E-state index in [0.717, 1.165) is 5.56 Å². The number of nitrogens with one attached hydrogen (secondary N) is 1. The van der Waals surface area contributed by atoms with E-state index in [1.54, 1.807) is 4.90 Å². The van der Waals surface area contributed by atoms with E-state index in [1.165, 1.54) is 0 Å². The number of piperazine rings is 1. The largest absolute Gasteiger partial charge is 0.445 e. The summed E-state index contributed by atoms with van der Waals surface area (Å²) in [6.07, 6.45) is 1.14. The van der Waals surface area contributed by atoms with Crippen molar-refractivity contribution in [2.75, 3.05) is 13.1 Å². The van der Waals surface area contributed by atoms with Crippen molar-refractivity contribution >= 4 is 12.0 Å². The van der Waals surface area contributed by atoms with Gasteiger partial charge in [0.2, 0.25) is 5.91 Å². The van der Waals surface area contributed by atoms with Crippen molar-refractivity contribution in [2.24, 2.45) is 0 Å². The Morgan fingerprint density at radius 1 is 1.30 bits per heavy atom. The molecule has 1 aromatic rings. The van der Waals surface area contributed by atoms with Crippen molar-refractivity contribution in [3.63, 3.8) is 0 Å². The number of amides is 2. The molecular weight excluding hydrogens is 296 g/mol. The van der Waals surface area contributed by atoms with Crippen molar-refractivity contribution < 1.29 is 19.4 Å². The number of hydrogen-bond acceptors (Lipinski definition) is 4. The average Bonchev–Trinajstić information content (AvgIpc) is 2.58. The Kier molecular flexibility index (Phi) is 4.52. The molecule has 6 heteroatoms. The SMILES string of the molecule is O=C(OCc1ccccc1)N1CCNC(=O)[C@]12CC[C@@H](O)CC2. The average molecular weight is 318 g/mol. The van der Waals surface area contributed by atoms with Crippen LogP contribution in [-0.2, 0) is 16.1 Å². The monoisotopic (exact) mass is 318 g/mol. The second-order valence-electron chi connectivity index (χ2n) is 6.21. The topological polar surface area (TPSA) is 78.9 Å². The van der Waals surface area contributed by atoms with Crippen molar-refractivity contribution in [3.05, 3.63) is 35.9 Å². The molecule has 2 amide bonds. The first kappa shape index (κ1) is 15.8. The van der Waals surface area contributed by atoms with Crippen LogP contribution < -0.4 is 5.32 Å². The molecule has 0 aromatic heterocycles. The number of hydrogen-bond donors (Lipinski definition) is 2. The van der Waals surface area contributed by atoms with Crippen LogP contribution in [0.1, 0.15) is 31.2 Å². The van der Waals surface area contributed by atoms with Crippen LogP contribution in [0, 0.1) is 0 Å². The quantitative estimate of drug-likeness (QED) is 0.864. The zero-order valence-corrected chi connectivity index (χ0v) is 13.0.